The Bertz CT molecular complexity index is 872. The van der Waals surface area contributed by atoms with Gasteiger partial charge in [-0.3, -0.25) is 4.98 Å². The average Bonchev–Trinajstić information content (AvgIpc) is 2.65. The van der Waals surface area contributed by atoms with Crippen molar-refractivity contribution in [3.63, 3.8) is 0 Å². The molecule has 0 bridgehead atoms. The standard InChI is InChI=1S/C22H26F3NO3/c1-6-29-21(28)18-17(14-7-9-15(10-8-14)22(23,24)25)16(11-27)19(12(2)3)26-20(18)13(4)5/h7-10,12-13,27H,6,11H2,1-5H3. The number of aliphatic hydroxyl groups excluding tert-OH is 1. The first-order chi connectivity index (χ1) is 13.5. The third-order valence-electron chi connectivity index (χ3n) is 4.59. The highest BCUT2D eigenvalue weighted by atomic mass is 19.4. The molecule has 4 nitrogen and oxygen atoms in total. The van der Waals surface area contributed by atoms with Crippen molar-refractivity contribution in [3.8, 4) is 11.1 Å². The Morgan fingerprint density at radius 2 is 1.62 bits per heavy atom. The number of benzene rings is 1. The van der Waals surface area contributed by atoms with Gasteiger partial charge in [0.2, 0.25) is 0 Å². The summed E-state index contributed by atoms with van der Waals surface area (Å²) in [6.45, 7) is 8.99. The highest BCUT2D eigenvalue weighted by Crippen LogP contribution is 2.38. The van der Waals surface area contributed by atoms with E-state index in [9.17, 15) is 23.1 Å². The van der Waals surface area contributed by atoms with Gasteiger partial charge in [-0.05, 0) is 36.5 Å². The van der Waals surface area contributed by atoms with Crippen LogP contribution in [0.2, 0.25) is 0 Å². The number of hydrogen-bond donors (Lipinski definition) is 1. The first kappa shape index (κ1) is 22.9. The van der Waals surface area contributed by atoms with Crippen molar-refractivity contribution in [1.29, 1.82) is 0 Å². The highest BCUT2D eigenvalue weighted by molar-refractivity contribution is 5.99. The Balaban J connectivity index is 2.90. The lowest BCUT2D eigenvalue weighted by Crippen LogP contribution is -2.17. The highest BCUT2D eigenvalue weighted by Gasteiger charge is 2.31. The molecule has 2 rings (SSSR count). The summed E-state index contributed by atoms with van der Waals surface area (Å²) < 4.78 is 44.2. The molecule has 1 aromatic heterocycles. The second-order valence-corrected chi connectivity index (χ2v) is 7.37. The van der Waals surface area contributed by atoms with Crippen molar-refractivity contribution >= 4 is 5.97 Å². The topological polar surface area (TPSA) is 59.4 Å². The minimum Gasteiger partial charge on any atom is -0.462 e. The van der Waals surface area contributed by atoms with Gasteiger partial charge in [0, 0.05) is 16.8 Å². The van der Waals surface area contributed by atoms with Gasteiger partial charge in [0.05, 0.1) is 30.0 Å². The van der Waals surface area contributed by atoms with E-state index in [-0.39, 0.29) is 24.0 Å². The molecule has 0 saturated heterocycles. The Kier molecular flexibility index (Phi) is 7.06. The maximum absolute atomic E-state index is 13.0. The maximum Gasteiger partial charge on any atom is 0.416 e. The molecule has 29 heavy (non-hydrogen) atoms. The molecule has 0 unspecified atom stereocenters. The zero-order chi connectivity index (χ0) is 21.9. The predicted octanol–water partition coefficient (Wildman–Crippen LogP) is 5.68. The van der Waals surface area contributed by atoms with Crippen LogP contribution in [0.1, 0.15) is 79.3 Å². The molecule has 0 saturated carbocycles. The van der Waals surface area contributed by atoms with Crippen LogP contribution in [-0.2, 0) is 17.5 Å². The summed E-state index contributed by atoms with van der Waals surface area (Å²) in [5.41, 5.74) is 1.71. The van der Waals surface area contributed by atoms with Crippen LogP contribution in [0.15, 0.2) is 24.3 Å². The molecule has 0 fully saturated rings. The Morgan fingerprint density at radius 3 is 2.03 bits per heavy atom. The number of rotatable bonds is 6. The zero-order valence-corrected chi connectivity index (χ0v) is 17.2. The Hall–Kier alpha value is -2.41. The van der Waals surface area contributed by atoms with Gasteiger partial charge in [0.1, 0.15) is 0 Å². The van der Waals surface area contributed by atoms with E-state index >= 15 is 0 Å². The third kappa shape index (κ3) is 4.78. The second-order valence-electron chi connectivity index (χ2n) is 7.37. The van der Waals surface area contributed by atoms with Crippen molar-refractivity contribution in [1.82, 2.24) is 4.98 Å². The van der Waals surface area contributed by atoms with Gasteiger partial charge in [-0.1, -0.05) is 39.8 Å². The molecule has 2 aromatic rings. The molecule has 1 aromatic carbocycles. The summed E-state index contributed by atoms with van der Waals surface area (Å²) in [5, 5.41) is 10.1. The number of ether oxygens (including phenoxy) is 1. The zero-order valence-electron chi connectivity index (χ0n) is 17.2. The molecule has 0 atom stereocenters. The van der Waals surface area contributed by atoms with Gasteiger partial charge in [-0.2, -0.15) is 13.2 Å². The fourth-order valence-corrected chi connectivity index (χ4v) is 3.27. The monoisotopic (exact) mass is 409 g/mol. The third-order valence-corrected chi connectivity index (χ3v) is 4.59. The minimum absolute atomic E-state index is 0.0564. The van der Waals surface area contributed by atoms with Crippen LogP contribution in [0.5, 0.6) is 0 Å². The summed E-state index contributed by atoms with van der Waals surface area (Å²) in [5.74, 6) is -0.796. The molecule has 158 valence electrons. The average molecular weight is 409 g/mol. The van der Waals surface area contributed by atoms with Gasteiger partial charge >= 0.3 is 12.1 Å². The lowest BCUT2D eigenvalue weighted by atomic mass is 9.87. The molecule has 1 N–H and O–H groups in total. The summed E-state index contributed by atoms with van der Waals surface area (Å²) >= 11 is 0. The maximum atomic E-state index is 13.0. The molecule has 0 radical (unpaired) electrons. The smallest absolute Gasteiger partial charge is 0.416 e. The number of halogens is 3. The number of aromatic nitrogens is 1. The summed E-state index contributed by atoms with van der Waals surface area (Å²) in [7, 11) is 0. The number of hydrogen-bond acceptors (Lipinski definition) is 4. The van der Waals surface area contributed by atoms with E-state index < -0.39 is 24.3 Å². The van der Waals surface area contributed by atoms with Crippen LogP contribution in [-0.4, -0.2) is 22.7 Å². The number of pyridine rings is 1. The van der Waals surface area contributed by atoms with E-state index in [2.05, 4.69) is 4.98 Å². The molecule has 7 heteroatoms. The lowest BCUT2D eigenvalue weighted by Gasteiger charge is -2.23. The largest absolute Gasteiger partial charge is 0.462 e. The molecular formula is C22H26F3NO3. The van der Waals surface area contributed by atoms with Crippen molar-refractivity contribution < 1.29 is 27.8 Å². The van der Waals surface area contributed by atoms with Crippen LogP contribution in [0.3, 0.4) is 0 Å². The van der Waals surface area contributed by atoms with Crippen molar-refractivity contribution in [2.75, 3.05) is 6.61 Å². The minimum atomic E-state index is -4.47. The van der Waals surface area contributed by atoms with E-state index in [0.29, 0.717) is 28.1 Å². The first-order valence-corrected chi connectivity index (χ1v) is 9.55. The normalized spacial score (nSPS) is 12.0. The number of carbonyl (C=O) groups excluding carboxylic acids is 1. The lowest BCUT2D eigenvalue weighted by molar-refractivity contribution is -0.137. The number of nitrogens with zero attached hydrogens (tertiary/aromatic N) is 1. The van der Waals surface area contributed by atoms with Crippen LogP contribution in [0.4, 0.5) is 13.2 Å². The second kappa shape index (κ2) is 8.95. The summed E-state index contributed by atoms with van der Waals surface area (Å²) in [4.78, 5) is 17.5. The SMILES string of the molecule is CCOC(=O)c1c(C(C)C)nc(C(C)C)c(CO)c1-c1ccc(C(F)(F)F)cc1. The molecule has 0 aliphatic rings. The van der Waals surface area contributed by atoms with Crippen LogP contribution < -0.4 is 0 Å². The summed E-state index contributed by atoms with van der Waals surface area (Å²) in [6, 6.07) is 4.56. The number of alkyl halides is 3. The van der Waals surface area contributed by atoms with Crippen molar-refractivity contribution in [2.45, 2.75) is 59.2 Å². The van der Waals surface area contributed by atoms with Crippen LogP contribution in [0, 0.1) is 0 Å². The van der Waals surface area contributed by atoms with E-state index in [1.165, 1.54) is 12.1 Å². The van der Waals surface area contributed by atoms with Gasteiger partial charge in [0.25, 0.3) is 0 Å². The molecule has 1 heterocycles. The molecule has 0 aliphatic heterocycles. The van der Waals surface area contributed by atoms with Gasteiger partial charge in [-0.25, -0.2) is 4.79 Å². The quantitative estimate of drug-likeness (QED) is 0.624. The number of carbonyl (C=O) groups is 1. The van der Waals surface area contributed by atoms with Crippen LogP contribution in [0.25, 0.3) is 11.1 Å². The Morgan fingerprint density at radius 1 is 1.07 bits per heavy atom. The molecule has 0 aliphatic carbocycles. The summed E-state index contributed by atoms with van der Waals surface area (Å²) in [6.07, 6.45) is -4.47. The molecule has 0 amide bonds. The Labute approximate surface area is 168 Å². The van der Waals surface area contributed by atoms with E-state index in [1.54, 1.807) is 6.92 Å². The van der Waals surface area contributed by atoms with Crippen LogP contribution >= 0.6 is 0 Å². The van der Waals surface area contributed by atoms with Crippen molar-refractivity contribution in [3.05, 3.63) is 52.3 Å². The van der Waals surface area contributed by atoms with Gasteiger partial charge in [0.15, 0.2) is 0 Å². The fourth-order valence-electron chi connectivity index (χ4n) is 3.27. The fraction of sp³-hybridized carbons (Fsp3) is 0.455. The first-order valence-electron chi connectivity index (χ1n) is 9.55. The van der Waals surface area contributed by atoms with Gasteiger partial charge in [-0.15, -0.1) is 0 Å². The molecule has 0 spiro atoms. The predicted molar refractivity (Wildman–Crippen MR) is 105 cm³/mol. The number of aliphatic hydroxyl groups is 1. The van der Waals surface area contributed by atoms with Crippen molar-refractivity contribution in [2.24, 2.45) is 0 Å². The number of esters is 1. The van der Waals surface area contributed by atoms with E-state index in [4.69, 9.17) is 4.74 Å². The van der Waals surface area contributed by atoms with E-state index in [1.807, 2.05) is 27.7 Å². The van der Waals surface area contributed by atoms with Gasteiger partial charge < -0.3 is 9.84 Å². The molecular weight excluding hydrogens is 383 g/mol. The van der Waals surface area contributed by atoms with E-state index in [0.717, 1.165) is 12.1 Å².